The number of benzene rings is 1. The third-order valence-electron chi connectivity index (χ3n) is 2.54. The van der Waals surface area contributed by atoms with Gasteiger partial charge < -0.3 is 10.5 Å². The van der Waals surface area contributed by atoms with Crippen molar-refractivity contribution in [3.05, 3.63) is 35.9 Å². The summed E-state index contributed by atoms with van der Waals surface area (Å²) in [5, 5.41) is 0. The Morgan fingerprint density at radius 3 is 2.50 bits per heavy atom. The fourth-order valence-electron chi connectivity index (χ4n) is 1.38. The Morgan fingerprint density at radius 2 is 1.88 bits per heavy atom. The van der Waals surface area contributed by atoms with Crippen LogP contribution in [0.2, 0.25) is 0 Å². The maximum Gasteiger partial charge on any atom is 0.0506 e. The molecule has 0 radical (unpaired) electrons. The van der Waals surface area contributed by atoms with Crippen LogP contribution in [-0.4, -0.2) is 19.3 Å². The molecule has 0 aliphatic carbocycles. The van der Waals surface area contributed by atoms with Gasteiger partial charge in [0.25, 0.3) is 0 Å². The quantitative estimate of drug-likeness (QED) is 0.748. The summed E-state index contributed by atoms with van der Waals surface area (Å²) in [6.45, 7) is 3.68. The van der Waals surface area contributed by atoms with E-state index in [-0.39, 0.29) is 12.4 Å². The second-order valence-electron chi connectivity index (χ2n) is 3.80. The van der Waals surface area contributed by atoms with E-state index < -0.39 is 0 Å². The topological polar surface area (TPSA) is 35.2 Å². The summed E-state index contributed by atoms with van der Waals surface area (Å²) in [6.07, 6.45) is 2.98. The molecule has 92 valence electrons. The van der Waals surface area contributed by atoms with E-state index in [9.17, 15) is 0 Å². The third kappa shape index (κ3) is 6.83. The van der Waals surface area contributed by atoms with Crippen molar-refractivity contribution >= 4 is 12.4 Å². The summed E-state index contributed by atoms with van der Waals surface area (Å²) in [5.41, 5.74) is 7.12. The number of hydrogen-bond donors (Lipinski definition) is 1. The lowest BCUT2D eigenvalue weighted by atomic mass is 10.2. The van der Waals surface area contributed by atoms with Crippen LogP contribution in [0.1, 0.15) is 25.3 Å². The lowest BCUT2D eigenvalue weighted by Gasteiger charge is -2.08. The molecule has 0 aliphatic heterocycles. The highest BCUT2D eigenvalue weighted by Gasteiger charge is 1.98. The fourth-order valence-corrected chi connectivity index (χ4v) is 1.38. The Bertz CT molecular complexity index is 253. The largest absolute Gasteiger partial charge is 0.381 e. The van der Waals surface area contributed by atoms with E-state index in [1.54, 1.807) is 0 Å². The molecule has 0 spiro atoms. The van der Waals surface area contributed by atoms with Crippen molar-refractivity contribution in [2.24, 2.45) is 5.73 Å². The van der Waals surface area contributed by atoms with Crippen molar-refractivity contribution in [2.45, 2.75) is 32.2 Å². The summed E-state index contributed by atoms with van der Waals surface area (Å²) in [5.74, 6) is 0. The number of halogens is 1. The molecular weight excluding hydrogens is 222 g/mol. The summed E-state index contributed by atoms with van der Waals surface area (Å²) >= 11 is 0. The molecule has 3 heteroatoms. The van der Waals surface area contributed by atoms with E-state index in [2.05, 4.69) is 31.2 Å². The van der Waals surface area contributed by atoms with Crippen LogP contribution in [0.15, 0.2) is 30.3 Å². The van der Waals surface area contributed by atoms with Gasteiger partial charge in [0.05, 0.1) is 6.61 Å². The highest BCUT2D eigenvalue weighted by molar-refractivity contribution is 5.85. The molecular formula is C13H22ClNO. The Balaban J connectivity index is 0.00000225. The van der Waals surface area contributed by atoms with Gasteiger partial charge in [-0.3, -0.25) is 0 Å². The molecule has 1 aromatic carbocycles. The van der Waals surface area contributed by atoms with Gasteiger partial charge in [0.15, 0.2) is 0 Å². The maximum atomic E-state index is 5.79. The number of hydrogen-bond acceptors (Lipinski definition) is 2. The summed E-state index contributed by atoms with van der Waals surface area (Å²) in [6, 6.07) is 10.7. The van der Waals surface area contributed by atoms with Gasteiger partial charge in [-0.25, -0.2) is 0 Å². The minimum Gasteiger partial charge on any atom is -0.381 e. The van der Waals surface area contributed by atoms with Gasteiger partial charge in [-0.05, 0) is 24.8 Å². The second kappa shape index (κ2) is 9.64. The first-order chi connectivity index (χ1) is 7.33. The van der Waals surface area contributed by atoms with Crippen molar-refractivity contribution < 1.29 is 4.74 Å². The minimum absolute atomic E-state index is 0. The van der Waals surface area contributed by atoms with E-state index in [0.29, 0.717) is 6.04 Å². The first-order valence-corrected chi connectivity index (χ1v) is 5.70. The maximum absolute atomic E-state index is 5.79. The molecule has 1 aromatic rings. The number of nitrogens with two attached hydrogens (primary N) is 1. The predicted octanol–water partition coefficient (Wildman–Crippen LogP) is 2.79. The van der Waals surface area contributed by atoms with Crippen LogP contribution in [0.5, 0.6) is 0 Å². The zero-order valence-corrected chi connectivity index (χ0v) is 10.7. The van der Waals surface area contributed by atoms with Crippen LogP contribution in [0.25, 0.3) is 0 Å². The summed E-state index contributed by atoms with van der Waals surface area (Å²) in [7, 11) is 0. The van der Waals surface area contributed by atoms with E-state index in [0.717, 1.165) is 32.5 Å². The minimum atomic E-state index is 0. The normalized spacial score (nSPS) is 11.9. The Kier molecular flexibility index (Phi) is 9.30. The SMILES string of the molecule is CCC(N)CCOCCc1ccccc1.Cl. The number of ether oxygens (including phenoxy) is 1. The van der Waals surface area contributed by atoms with Gasteiger partial charge in [-0.1, -0.05) is 37.3 Å². The molecule has 16 heavy (non-hydrogen) atoms. The first-order valence-electron chi connectivity index (χ1n) is 5.70. The molecule has 0 amide bonds. The molecule has 0 aromatic heterocycles. The average molecular weight is 244 g/mol. The molecule has 0 saturated carbocycles. The molecule has 2 nitrogen and oxygen atoms in total. The van der Waals surface area contributed by atoms with Crippen LogP contribution < -0.4 is 5.73 Å². The van der Waals surface area contributed by atoms with Crippen LogP contribution in [0.3, 0.4) is 0 Å². The van der Waals surface area contributed by atoms with E-state index >= 15 is 0 Å². The van der Waals surface area contributed by atoms with Crippen molar-refractivity contribution in [2.75, 3.05) is 13.2 Å². The van der Waals surface area contributed by atoms with Gasteiger partial charge in [-0.15, -0.1) is 12.4 Å². The van der Waals surface area contributed by atoms with Crippen molar-refractivity contribution in [3.8, 4) is 0 Å². The molecule has 1 rings (SSSR count). The molecule has 2 N–H and O–H groups in total. The lowest BCUT2D eigenvalue weighted by Crippen LogP contribution is -2.20. The second-order valence-corrected chi connectivity index (χ2v) is 3.80. The highest BCUT2D eigenvalue weighted by atomic mass is 35.5. The van der Waals surface area contributed by atoms with Gasteiger partial charge in [0.2, 0.25) is 0 Å². The van der Waals surface area contributed by atoms with Gasteiger partial charge in [0.1, 0.15) is 0 Å². The van der Waals surface area contributed by atoms with Gasteiger partial charge in [-0.2, -0.15) is 0 Å². The van der Waals surface area contributed by atoms with E-state index in [1.165, 1.54) is 5.56 Å². The molecule has 0 aliphatic rings. The van der Waals surface area contributed by atoms with Crippen LogP contribution in [0.4, 0.5) is 0 Å². The predicted molar refractivity (Wildman–Crippen MR) is 71.1 cm³/mol. The zero-order valence-electron chi connectivity index (χ0n) is 9.89. The molecule has 0 fully saturated rings. The summed E-state index contributed by atoms with van der Waals surface area (Å²) < 4.78 is 5.53. The van der Waals surface area contributed by atoms with Crippen LogP contribution in [-0.2, 0) is 11.2 Å². The van der Waals surface area contributed by atoms with Crippen molar-refractivity contribution in [1.29, 1.82) is 0 Å². The average Bonchev–Trinajstić information content (AvgIpc) is 2.29. The molecule has 1 atom stereocenters. The molecule has 0 bridgehead atoms. The lowest BCUT2D eigenvalue weighted by molar-refractivity contribution is 0.129. The van der Waals surface area contributed by atoms with Crippen LogP contribution in [0, 0.1) is 0 Å². The molecule has 1 unspecified atom stereocenters. The van der Waals surface area contributed by atoms with E-state index in [1.807, 2.05) is 6.07 Å². The summed E-state index contributed by atoms with van der Waals surface area (Å²) in [4.78, 5) is 0. The van der Waals surface area contributed by atoms with Gasteiger partial charge in [0, 0.05) is 12.6 Å². The van der Waals surface area contributed by atoms with Crippen molar-refractivity contribution in [1.82, 2.24) is 0 Å². The van der Waals surface area contributed by atoms with Gasteiger partial charge >= 0.3 is 0 Å². The first kappa shape index (κ1) is 15.4. The molecule has 0 saturated heterocycles. The zero-order chi connectivity index (χ0) is 10.9. The fraction of sp³-hybridized carbons (Fsp3) is 0.538. The third-order valence-corrected chi connectivity index (χ3v) is 2.54. The molecule has 0 heterocycles. The number of rotatable bonds is 7. The monoisotopic (exact) mass is 243 g/mol. The Morgan fingerprint density at radius 1 is 1.19 bits per heavy atom. The smallest absolute Gasteiger partial charge is 0.0506 e. The standard InChI is InChI=1S/C13H21NO.ClH/c1-2-13(14)9-11-15-10-8-12-6-4-3-5-7-12;/h3-7,13H,2,8-11,14H2,1H3;1H. The Labute approximate surface area is 105 Å². The van der Waals surface area contributed by atoms with Crippen LogP contribution >= 0.6 is 12.4 Å². The van der Waals surface area contributed by atoms with Crippen molar-refractivity contribution in [3.63, 3.8) is 0 Å². The highest BCUT2D eigenvalue weighted by Crippen LogP contribution is 2.00. The Hall–Kier alpha value is -0.570. The van der Waals surface area contributed by atoms with E-state index in [4.69, 9.17) is 10.5 Å².